The molecule has 0 aromatic carbocycles. The quantitative estimate of drug-likeness (QED) is 0.795. The minimum absolute atomic E-state index is 0.101. The van der Waals surface area contributed by atoms with Gasteiger partial charge in [0.25, 0.3) is 0 Å². The summed E-state index contributed by atoms with van der Waals surface area (Å²) in [6, 6.07) is 4.23. The molecule has 1 fully saturated rings. The van der Waals surface area contributed by atoms with Gasteiger partial charge in [-0.05, 0) is 51.9 Å². The van der Waals surface area contributed by atoms with Crippen LogP contribution in [0.5, 0.6) is 0 Å². The maximum atomic E-state index is 8.02. The van der Waals surface area contributed by atoms with Gasteiger partial charge in [-0.15, -0.1) is 0 Å². The fraction of sp³-hybridized carbons (Fsp3) is 0.375. The molecule has 0 radical (unpaired) electrons. The minimum Gasteiger partial charge on any atom is -0.398 e. The summed E-state index contributed by atoms with van der Waals surface area (Å²) in [5, 5.41) is 0. The molecule has 3 rings (SSSR count). The van der Waals surface area contributed by atoms with Crippen molar-refractivity contribution in [1.29, 1.82) is 0 Å². The van der Waals surface area contributed by atoms with Crippen LogP contribution in [0.3, 0.4) is 0 Å². The molecule has 0 spiro atoms. The van der Waals surface area contributed by atoms with Gasteiger partial charge in [0.1, 0.15) is 0 Å². The molecule has 5 heteroatoms. The fourth-order valence-electron chi connectivity index (χ4n) is 2.03. The molecule has 0 bridgehead atoms. The first-order valence-corrected chi connectivity index (χ1v) is 6.81. The SMILES string of the molecule is [2H]c1nc(-c2cccc(B3OC(C)(C)C(C)(C)O3)n2)c([2H])c([2H])c1[2H]. The first-order valence-electron chi connectivity index (χ1n) is 8.81. The van der Waals surface area contributed by atoms with Crippen molar-refractivity contribution in [2.75, 3.05) is 0 Å². The third-order valence-corrected chi connectivity index (χ3v) is 3.97. The van der Waals surface area contributed by atoms with Gasteiger partial charge in [0, 0.05) is 6.17 Å². The number of nitrogens with zero attached hydrogens (tertiary/aromatic N) is 2. The normalized spacial score (nSPS) is 22.4. The van der Waals surface area contributed by atoms with E-state index in [2.05, 4.69) is 9.97 Å². The van der Waals surface area contributed by atoms with Crippen LogP contribution in [0.15, 0.2) is 42.5 Å². The van der Waals surface area contributed by atoms with Crippen molar-refractivity contribution in [3.05, 3.63) is 42.5 Å². The summed E-state index contributed by atoms with van der Waals surface area (Å²) >= 11 is 0. The average Bonchev–Trinajstić information content (AvgIpc) is 2.77. The molecular weight excluding hydrogens is 263 g/mol. The summed E-state index contributed by atoms with van der Waals surface area (Å²) in [4.78, 5) is 8.42. The van der Waals surface area contributed by atoms with Gasteiger partial charge in [-0.3, -0.25) is 9.97 Å². The van der Waals surface area contributed by atoms with Gasteiger partial charge in [-0.1, -0.05) is 12.1 Å². The summed E-state index contributed by atoms with van der Waals surface area (Å²) in [7, 11) is -0.652. The highest BCUT2D eigenvalue weighted by atomic mass is 16.7. The molecule has 0 atom stereocenters. The van der Waals surface area contributed by atoms with Crippen LogP contribution in [-0.2, 0) is 9.31 Å². The highest BCUT2D eigenvalue weighted by Gasteiger charge is 2.52. The van der Waals surface area contributed by atoms with Crippen molar-refractivity contribution >= 4 is 12.7 Å². The molecule has 2 aromatic heterocycles. The van der Waals surface area contributed by atoms with Gasteiger partial charge < -0.3 is 9.31 Å². The van der Waals surface area contributed by atoms with Crippen molar-refractivity contribution in [3.8, 4) is 11.4 Å². The van der Waals surface area contributed by atoms with Crippen LogP contribution in [0.25, 0.3) is 11.4 Å². The molecule has 0 N–H and O–H groups in total. The molecule has 1 saturated heterocycles. The zero-order valence-electron chi connectivity index (χ0n) is 16.5. The Kier molecular flexibility index (Phi) is 2.37. The van der Waals surface area contributed by atoms with Crippen LogP contribution in [-0.4, -0.2) is 28.3 Å². The lowest BCUT2D eigenvalue weighted by molar-refractivity contribution is 0.00578. The van der Waals surface area contributed by atoms with Crippen LogP contribution in [0.2, 0.25) is 0 Å². The van der Waals surface area contributed by atoms with E-state index in [0.29, 0.717) is 11.3 Å². The molecule has 4 nitrogen and oxygen atoms in total. The van der Waals surface area contributed by atoms with Gasteiger partial charge in [0.2, 0.25) is 0 Å². The molecule has 2 aromatic rings. The standard InChI is InChI=1S/C16H19BN2O2/c1-15(2)16(3,4)21-17(20-15)14-10-7-9-13(19-14)12-8-5-6-11-18-12/h5-11H,1-4H3/i5D,6D,8D,11D. The number of hydrogen-bond acceptors (Lipinski definition) is 4. The van der Waals surface area contributed by atoms with Crippen LogP contribution in [0.4, 0.5) is 0 Å². The van der Waals surface area contributed by atoms with E-state index in [1.54, 1.807) is 18.2 Å². The maximum absolute atomic E-state index is 8.02. The van der Waals surface area contributed by atoms with E-state index in [1.165, 1.54) is 0 Å². The predicted octanol–water partition coefficient (Wildman–Crippen LogP) is 2.44. The average molecular weight is 286 g/mol. The lowest BCUT2D eigenvalue weighted by atomic mass is 9.84. The highest BCUT2D eigenvalue weighted by molar-refractivity contribution is 6.61. The Labute approximate surface area is 131 Å². The number of pyridine rings is 2. The molecule has 0 aliphatic carbocycles. The highest BCUT2D eigenvalue weighted by Crippen LogP contribution is 2.36. The van der Waals surface area contributed by atoms with E-state index in [9.17, 15) is 0 Å². The van der Waals surface area contributed by atoms with Crippen LogP contribution in [0.1, 0.15) is 33.2 Å². The largest absolute Gasteiger partial charge is 0.514 e. The predicted molar refractivity (Wildman–Crippen MR) is 83.2 cm³/mol. The lowest BCUT2D eigenvalue weighted by Crippen LogP contribution is -2.41. The molecule has 1 aliphatic rings. The molecule has 0 saturated carbocycles. The second-order valence-corrected chi connectivity index (χ2v) is 5.98. The molecular formula is C16H19BN2O2. The van der Waals surface area contributed by atoms with E-state index in [1.807, 2.05) is 27.7 Å². The van der Waals surface area contributed by atoms with Crippen molar-refractivity contribution in [3.63, 3.8) is 0 Å². The first kappa shape index (κ1) is 10.1. The zero-order chi connectivity index (χ0) is 18.6. The molecule has 21 heavy (non-hydrogen) atoms. The third kappa shape index (κ3) is 2.59. The first-order chi connectivity index (χ1) is 11.5. The second kappa shape index (κ2) is 4.93. The van der Waals surface area contributed by atoms with E-state index >= 15 is 0 Å². The Balaban J connectivity index is 2.02. The maximum Gasteiger partial charge on any atom is 0.514 e. The van der Waals surface area contributed by atoms with Crippen LogP contribution >= 0.6 is 0 Å². The zero-order valence-corrected chi connectivity index (χ0v) is 12.5. The topological polar surface area (TPSA) is 44.2 Å². The summed E-state index contributed by atoms with van der Waals surface area (Å²) in [5.74, 6) is 0. The van der Waals surface area contributed by atoms with E-state index in [4.69, 9.17) is 14.8 Å². The Morgan fingerprint density at radius 2 is 1.76 bits per heavy atom. The number of hydrogen-bond donors (Lipinski definition) is 0. The van der Waals surface area contributed by atoms with Crippen LogP contribution < -0.4 is 5.59 Å². The summed E-state index contributed by atoms with van der Waals surface area (Å²) in [5.41, 5.74) is -0.0121. The van der Waals surface area contributed by atoms with E-state index < -0.39 is 18.3 Å². The third-order valence-electron chi connectivity index (χ3n) is 3.97. The summed E-state index contributed by atoms with van der Waals surface area (Å²) < 4.78 is 43.1. The number of aromatic nitrogens is 2. The Bertz CT molecular complexity index is 829. The van der Waals surface area contributed by atoms with Crippen molar-refractivity contribution < 1.29 is 14.8 Å². The molecule has 3 heterocycles. The van der Waals surface area contributed by atoms with Gasteiger partial charge in [0.15, 0.2) is 0 Å². The molecule has 0 unspecified atom stereocenters. The minimum atomic E-state index is -0.652. The fourth-order valence-corrected chi connectivity index (χ4v) is 2.03. The lowest BCUT2D eigenvalue weighted by Gasteiger charge is -2.32. The van der Waals surface area contributed by atoms with Crippen LogP contribution in [0, 0.1) is 0 Å². The van der Waals surface area contributed by atoms with E-state index in [0.717, 1.165) is 0 Å². The summed E-state index contributed by atoms with van der Waals surface area (Å²) in [6.45, 7) is 7.80. The van der Waals surface area contributed by atoms with Crippen molar-refractivity contribution in [2.45, 2.75) is 38.9 Å². The number of rotatable bonds is 2. The molecule has 0 amide bonds. The molecule has 1 aliphatic heterocycles. The molecule has 108 valence electrons. The summed E-state index contributed by atoms with van der Waals surface area (Å²) in [6.07, 6.45) is -0.348. The van der Waals surface area contributed by atoms with Gasteiger partial charge in [-0.25, -0.2) is 0 Å². The van der Waals surface area contributed by atoms with E-state index in [-0.39, 0.29) is 30.0 Å². The monoisotopic (exact) mass is 286 g/mol. The second-order valence-electron chi connectivity index (χ2n) is 5.98. The van der Waals surface area contributed by atoms with Crippen molar-refractivity contribution in [1.82, 2.24) is 9.97 Å². The van der Waals surface area contributed by atoms with Gasteiger partial charge in [0.05, 0.1) is 33.7 Å². The van der Waals surface area contributed by atoms with Gasteiger partial charge in [-0.2, -0.15) is 0 Å². The Hall–Kier alpha value is -1.72. The smallest absolute Gasteiger partial charge is 0.398 e. The van der Waals surface area contributed by atoms with Gasteiger partial charge >= 0.3 is 7.12 Å². The Morgan fingerprint density at radius 1 is 1.05 bits per heavy atom. The Morgan fingerprint density at radius 3 is 2.48 bits per heavy atom. The van der Waals surface area contributed by atoms with Crippen molar-refractivity contribution in [2.24, 2.45) is 0 Å².